The maximum atomic E-state index is 14.2. The van der Waals surface area contributed by atoms with Crippen LogP contribution in [0.3, 0.4) is 0 Å². The van der Waals surface area contributed by atoms with Gasteiger partial charge in [-0.25, -0.2) is 9.37 Å². The van der Waals surface area contributed by atoms with Crippen LogP contribution in [0.25, 0.3) is 15.9 Å². The first-order valence-electron chi connectivity index (χ1n) is 9.95. The third kappa shape index (κ3) is 3.91. The maximum absolute atomic E-state index is 14.2. The van der Waals surface area contributed by atoms with Gasteiger partial charge in [0.05, 0.1) is 16.9 Å². The topological polar surface area (TPSA) is 118 Å². The highest BCUT2D eigenvalue weighted by Crippen LogP contribution is 2.34. The minimum absolute atomic E-state index is 0.105. The van der Waals surface area contributed by atoms with E-state index >= 15 is 0 Å². The van der Waals surface area contributed by atoms with Crippen molar-refractivity contribution in [2.45, 2.75) is 31.9 Å². The Labute approximate surface area is 189 Å². The molecule has 5 rings (SSSR count). The number of amides is 1. The Hall–Kier alpha value is -3.12. The van der Waals surface area contributed by atoms with E-state index < -0.39 is 5.82 Å². The largest absolute Gasteiger partial charge is 0.325 e. The smallest absolute Gasteiger partial charge is 0.259 e. The minimum Gasteiger partial charge on any atom is -0.325 e. The summed E-state index contributed by atoms with van der Waals surface area (Å²) in [4.78, 5) is 34.3. The summed E-state index contributed by atoms with van der Waals surface area (Å²) >= 11 is 2.93. The van der Waals surface area contributed by atoms with Crippen LogP contribution < -0.4 is 10.9 Å². The van der Waals surface area contributed by atoms with Crippen molar-refractivity contribution < 1.29 is 9.18 Å². The van der Waals surface area contributed by atoms with Crippen molar-refractivity contribution in [1.82, 2.24) is 30.2 Å². The fourth-order valence-electron chi connectivity index (χ4n) is 3.76. The number of benzene rings is 1. The van der Waals surface area contributed by atoms with Gasteiger partial charge in [0.25, 0.3) is 5.56 Å². The van der Waals surface area contributed by atoms with Gasteiger partial charge in [-0.3, -0.25) is 9.59 Å². The summed E-state index contributed by atoms with van der Waals surface area (Å²) in [7, 11) is 0. The van der Waals surface area contributed by atoms with E-state index in [2.05, 4.69) is 30.8 Å². The number of hydrogen-bond donors (Lipinski definition) is 2. The Kier molecular flexibility index (Phi) is 5.47. The lowest BCUT2D eigenvalue weighted by Gasteiger charge is -2.09. The van der Waals surface area contributed by atoms with E-state index in [4.69, 9.17) is 0 Å². The summed E-state index contributed by atoms with van der Waals surface area (Å²) in [5.74, 6) is 0.784. The minimum atomic E-state index is -0.502. The van der Waals surface area contributed by atoms with Crippen LogP contribution >= 0.6 is 23.1 Å². The van der Waals surface area contributed by atoms with Crippen LogP contribution in [-0.2, 0) is 23.4 Å². The molecule has 0 unspecified atom stereocenters. The Morgan fingerprint density at radius 1 is 1.38 bits per heavy atom. The van der Waals surface area contributed by atoms with Crippen LogP contribution in [0.4, 0.5) is 10.1 Å². The van der Waals surface area contributed by atoms with Crippen molar-refractivity contribution in [1.29, 1.82) is 0 Å². The van der Waals surface area contributed by atoms with Crippen LogP contribution in [0.1, 0.15) is 28.5 Å². The molecule has 1 aliphatic carbocycles. The van der Waals surface area contributed by atoms with Gasteiger partial charge in [0.2, 0.25) is 5.91 Å². The molecule has 0 fully saturated rings. The Morgan fingerprint density at radius 2 is 2.25 bits per heavy atom. The first kappa shape index (κ1) is 20.8. The molecule has 164 valence electrons. The number of halogens is 1. The van der Waals surface area contributed by atoms with Gasteiger partial charge < -0.3 is 10.3 Å². The van der Waals surface area contributed by atoms with Gasteiger partial charge in [-0.2, -0.15) is 4.68 Å². The molecule has 0 saturated heterocycles. The van der Waals surface area contributed by atoms with Crippen LogP contribution in [0.15, 0.2) is 23.0 Å². The van der Waals surface area contributed by atoms with Gasteiger partial charge >= 0.3 is 0 Å². The third-order valence-corrected chi connectivity index (χ3v) is 7.31. The van der Waals surface area contributed by atoms with E-state index in [-0.39, 0.29) is 22.9 Å². The molecular weight excluding hydrogens is 453 g/mol. The van der Waals surface area contributed by atoms with Gasteiger partial charge in [0.1, 0.15) is 22.2 Å². The van der Waals surface area contributed by atoms with Gasteiger partial charge in [0.15, 0.2) is 5.82 Å². The highest BCUT2D eigenvalue weighted by molar-refractivity contribution is 7.99. The van der Waals surface area contributed by atoms with E-state index in [9.17, 15) is 14.0 Å². The predicted molar refractivity (Wildman–Crippen MR) is 121 cm³/mol. The molecule has 3 heterocycles. The van der Waals surface area contributed by atoms with Crippen molar-refractivity contribution in [2.75, 3.05) is 11.1 Å². The number of tetrazole rings is 1. The quantitative estimate of drug-likeness (QED) is 0.444. The average Bonchev–Trinajstić information content (AvgIpc) is 3.45. The summed E-state index contributed by atoms with van der Waals surface area (Å²) in [6.07, 6.45) is 3.04. The van der Waals surface area contributed by atoms with Gasteiger partial charge in [-0.15, -0.1) is 28.2 Å². The number of carbonyl (C=O) groups is 1. The first-order valence-corrected chi connectivity index (χ1v) is 11.9. The van der Waals surface area contributed by atoms with E-state index in [1.807, 2.05) is 0 Å². The summed E-state index contributed by atoms with van der Waals surface area (Å²) < 4.78 is 15.4. The standard InChI is InChI=1S/C20H18FN7O2S2/c1-10-25-26-27-28(10)14-7-11(5-6-13(14)21)22-17(29)9-31-8-16-23-19(30)18-12-3-2-4-15(12)32-20(18)24-16/h5-7H,2-4,8-9H2,1H3,(H,22,29)(H,23,24,30). The summed E-state index contributed by atoms with van der Waals surface area (Å²) in [6, 6.07) is 4.20. The number of nitrogens with zero attached hydrogens (tertiary/aromatic N) is 5. The number of aryl methyl sites for hydroxylation is 3. The molecule has 1 aromatic carbocycles. The molecule has 1 amide bonds. The number of thioether (sulfide) groups is 1. The molecule has 2 N–H and O–H groups in total. The fourth-order valence-corrected chi connectivity index (χ4v) is 5.73. The first-order chi connectivity index (χ1) is 15.5. The van der Waals surface area contributed by atoms with Crippen LogP contribution in [0.5, 0.6) is 0 Å². The number of H-pyrrole nitrogens is 1. The second kappa shape index (κ2) is 8.43. The number of nitrogens with one attached hydrogen (secondary N) is 2. The van der Waals surface area contributed by atoms with E-state index in [1.165, 1.54) is 39.5 Å². The Morgan fingerprint density at radius 3 is 3.06 bits per heavy atom. The van der Waals surface area contributed by atoms with Crippen LogP contribution in [-0.4, -0.2) is 41.8 Å². The van der Waals surface area contributed by atoms with Crippen LogP contribution in [0.2, 0.25) is 0 Å². The van der Waals surface area contributed by atoms with Crippen molar-refractivity contribution in [2.24, 2.45) is 0 Å². The number of thiophene rings is 1. The molecule has 0 atom stereocenters. The number of aromatic nitrogens is 6. The molecule has 12 heteroatoms. The van der Waals surface area contributed by atoms with E-state index in [0.29, 0.717) is 23.1 Å². The van der Waals surface area contributed by atoms with Crippen LogP contribution in [0, 0.1) is 12.7 Å². The predicted octanol–water partition coefficient (Wildman–Crippen LogP) is 2.77. The average molecular weight is 472 g/mol. The molecule has 1 aliphatic rings. The molecule has 0 saturated carbocycles. The van der Waals surface area contributed by atoms with Crippen molar-refractivity contribution in [3.63, 3.8) is 0 Å². The van der Waals surface area contributed by atoms with Crippen molar-refractivity contribution in [3.05, 3.63) is 56.5 Å². The normalized spacial score (nSPS) is 12.9. The molecular formula is C20H18FN7O2S2. The van der Waals surface area contributed by atoms with Gasteiger partial charge in [-0.05, 0) is 60.4 Å². The lowest BCUT2D eigenvalue weighted by molar-refractivity contribution is -0.113. The summed E-state index contributed by atoms with van der Waals surface area (Å²) in [5, 5.41) is 14.5. The molecule has 0 spiro atoms. The highest BCUT2D eigenvalue weighted by Gasteiger charge is 2.21. The molecule has 3 aromatic heterocycles. The number of fused-ring (bicyclic) bond motifs is 3. The van der Waals surface area contributed by atoms with Gasteiger partial charge in [0, 0.05) is 10.6 Å². The van der Waals surface area contributed by atoms with Crippen molar-refractivity contribution >= 4 is 44.9 Å². The number of aromatic amines is 1. The second-order valence-corrected chi connectivity index (χ2v) is 9.46. The molecule has 9 nitrogen and oxygen atoms in total. The van der Waals surface area contributed by atoms with Crippen molar-refractivity contribution in [3.8, 4) is 5.69 Å². The number of hydrogen-bond acceptors (Lipinski definition) is 8. The molecule has 32 heavy (non-hydrogen) atoms. The lowest BCUT2D eigenvalue weighted by Crippen LogP contribution is -2.16. The maximum Gasteiger partial charge on any atom is 0.259 e. The number of anilines is 1. The SMILES string of the molecule is Cc1nnnn1-c1cc(NC(=O)CSCc2nc3sc4c(c3c(=O)[nH]2)CCC4)ccc1F. The zero-order valence-electron chi connectivity index (χ0n) is 17.0. The molecule has 0 aliphatic heterocycles. The third-order valence-electron chi connectivity index (χ3n) is 5.18. The summed E-state index contributed by atoms with van der Waals surface area (Å²) in [5.41, 5.74) is 1.62. The Bertz CT molecular complexity index is 1390. The summed E-state index contributed by atoms with van der Waals surface area (Å²) in [6.45, 7) is 1.65. The molecule has 0 radical (unpaired) electrons. The fraction of sp³-hybridized carbons (Fsp3) is 0.300. The lowest BCUT2D eigenvalue weighted by atomic mass is 10.2. The zero-order chi connectivity index (χ0) is 22.2. The molecule has 0 bridgehead atoms. The Balaban J connectivity index is 1.23. The molecule has 4 aromatic rings. The second-order valence-electron chi connectivity index (χ2n) is 7.40. The van der Waals surface area contributed by atoms with Gasteiger partial charge in [-0.1, -0.05) is 0 Å². The zero-order valence-corrected chi connectivity index (χ0v) is 18.6. The van der Waals surface area contributed by atoms with E-state index in [0.717, 1.165) is 35.0 Å². The van der Waals surface area contributed by atoms with E-state index in [1.54, 1.807) is 18.3 Å². The monoisotopic (exact) mass is 471 g/mol. The number of rotatable bonds is 6. The highest BCUT2D eigenvalue weighted by atomic mass is 32.2. The number of carbonyl (C=O) groups excluding carboxylic acids is 1.